The number of carbonyl (C=O) groups is 2. The van der Waals surface area contributed by atoms with Gasteiger partial charge in [0.2, 0.25) is 0 Å². The van der Waals surface area contributed by atoms with Crippen LogP contribution in [0.15, 0.2) is 95.7 Å². The lowest BCUT2D eigenvalue weighted by molar-refractivity contribution is -0.0500. The van der Waals surface area contributed by atoms with E-state index in [0.717, 1.165) is 28.7 Å². The maximum Gasteiger partial charge on any atom is 0.387 e. The fourth-order valence-electron chi connectivity index (χ4n) is 6.29. The maximum atomic E-state index is 14.3. The minimum atomic E-state index is -2.96. The Hall–Kier alpha value is -4.99. The molecule has 1 fully saturated rings. The Labute approximate surface area is 239 Å². The van der Waals surface area contributed by atoms with Gasteiger partial charge in [-0.05, 0) is 48.7 Å². The van der Waals surface area contributed by atoms with E-state index < -0.39 is 6.61 Å². The fourth-order valence-corrected chi connectivity index (χ4v) is 6.29. The molecule has 7 rings (SSSR count). The van der Waals surface area contributed by atoms with Crippen molar-refractivity contribution in [2.75, 3.05) is 24.5 Å². The summed E-state index contributed by atoms with van der Waals surface area (Å²) in [6.07, 6.45) is 4.07. The van der Waals surface area contributed by atoms with E-state index in [2.05, 4.69) is 15.8 Å². The predicted molar refractivity (Wildman–Crippen MR) is 151 cm³/mol. The van der Waals surface area contributed by atoms with Crippen molar-refractivity contribution in [2.24, 2.45) is 0 Å². The van der Waals surface area contributed by atoms with Gasteiger partial charge in [0.05, 0.1) is 18.0 Å². The van der Waals surface area contributed by atoms with Crippen LogP contribution in [-0.4, -0.2) is 52.5 Å². The first-order valence-corrected chi connectivity index (χ1v) is 13.7. The van der Waals surface area contributed by atoms with Gasteiger partial charge in [-0.15, -0.1) is 0 Å². The molecule has 42 heavy (non-hydrogen) atoms. The lowest BCUT2D eigenvalue weighted by atomic mass is 9.74. The molecule has 5 heterocycles. The number of carbonyl (C=O) groups excluding carboxylic acids is 2. The van der Waals surface area contributed by atoms with Crippen LogP contribution >= 0.6 is 0 Å². The number of pyridine rings is 1. The zero-order valence-electron chi connectivity index (χ0n) is 22.5. The highest BCUT2D eigenvalue weighted by molar-refractivity contribution is 6.09. The summed E-state index contributed by atoms with van der Waals surface area (Å²) in [7, 11) is 0. The summed E-state index contributed by atoms with van der Waals surface area (Å²) >= 11 is 0. The van der Waals surface area contributed by atoms with Crippen LogP contribution in [-0.2, 0) is 5.41 Å². The second kappa shape index (κ2) is 10.1. The normalized spacial score (nSPS) is 15.9. The quantitative estimate of drug-likeness (QED) is 0.258. The Bertz CT molecular complexity index is 1770. The molecule has 0 radical (unpaired) electrons. The van der Waals surface area contributed by atoms with Crippen LogP contribution in [0, 0.1) is 0 Å². The molecule has 0 aliphatic carbocycles. The molecule has 5 aromatic rings. The molecule has 0 bridgehead atoms. The van der Waals surface area contributed by atoms with E-state index in [1.54, 1.807) is 17.2 Å². The highest BCUT2D eigenvalue weighted by atomic mass is 19.3. The summed E-state index contributed by atoms with van der Waals surface area (Å²) in [6, 6.07) is 24.1. The van der Waals surface area contributed by atoms with E-state index >= 15 is 0 Å². The van der Waals surface area contributed by atoms with Gasteiger partial charge in [-0.25, -0.2) is 4.98 Å². The monoisotopic (exact) mass is 568 g/mol. The molecule has 0 N–H and O–H groups in total. The number of anilines is 1. The summed E-state index contributed by atoms with van der Waals surface area (Å²) in [6.45, 7) is -1.52. The minimum Gasteiger partial charge on any atom is -0.463 e. The highest BCUT2D eigenvalue weighted by Gasteiger charge is 2.47. The number of benzene rings is 2. The average Bonchev–Trinajstić information content (AvgIpc) is 3.70. The zero-order chi connectivity index (χ0) is 28.8. The summed E-state index contributed by atoms with van der Waals surface area (Å²) in [5.74, 6) is -0.489. The van der Waals surface area contributed by atoms with Crippen molar-refractivity contribution in [3.05, 3.63) is 108 Å². The van der Waals surface area contributed by atoms with E-state index in [-0.39, 0.29) is 28.7 Å². The van der Waals surface area contributed by atoms with Gasteiger partial charge in [-0.1, -0.05) is 36.4 Å². The molecular formula is C32H26F2N4O4. The number of likely N-dealkylation sites (tertiary alicyclic amines) is 1. The lowest BCUT2D eigenvalue weighted by Crippen LogP contribution is -2.48. The standard InChI is InChI=1S/C32H26F2N4O4/c33-31(34)42-22-10-11-24(35-19-22)29(39)36-15-13-32(14-16-36)20-37(25-9-5-4-8-23(25)32)30(40)27-18-28-26(12-17-41-28)38(27)21-6-2-1-3-7-21/h1-12,17-19,31H,13-16,20H2. The second-order valence-corrected chi connectivity index (χ2v) is 10.6. The molecule has 212 valence electrons. The topological polar surface area (TPSA) is 80.8 Å². The Morgan fingerprint density at radius 3 is 2.43 bits per heavy atom. The molecule has 10 heteroatoms. The van der Waals surface area contributed by atoms with Crippen molar-refractivity contribution in [2.45, 2.75) is 24.9 Å². The molecule has 2 aliphatic rings. The molecule has 2 amide bonds. The van der Waals surface area contributed by atoms with E-state index in [1.807, 2.05) is 64.1 Å². The minimum absolute atomic E-state index is 0.0994. The first kappa shape index (κ1) is 25.9. The number of fused-ring (bicyclic) bond motifs is 3. The van der Waals surface area contributed by atoms with Crippen molar-refractivity contribution >= 4 is 28.6 Å². The van der Waals surface area contributed by atoms with Gasteiger partial charge in [0, 0.05) is 48.6 Å². The van der Waals surface area contributed by atoms with Gasteiger partial charge in [-0.2, -0.15) is 8.78 Å². The van der Waals surface area contributed by atoms with Gasteiger partial charge in [0.1, 0.15) is 17.1 Å². The van der Waals surface area contributed by atoms with Crippen molar-refractivity contribution in [1.82, 2.24) is 14.5 Å². The number of piperidine rings is 1. The van der Waals surface area contributed by atoms with Gasteiger partial charge < -0.3 is 23.5 Å². The van der Waals surface area contributed by atoms with E-state index in [1.165, 1.54) is 12.1 Å². The van der Waals surface area contributed by atoms with Crippen molar-refractivity contribution in [3.63, 3.8) is 0 Å². The number of halogens is 2. The Morgan fingerprint density at radius 2 is 1.69 bits per heavy atom. The van der Waals surface area contributed by atoms with Crippen molar-refractivity contribution < 1.29 is 27.5 Å². The number of para-hydroxylation sites is 2. The fraction of sp³-hybridized carbons (Fsp3) is 0.219. The third-order valence-corrected chi connectivity index (χ3v) is 8.32. The molecule has 1 saturated heterocycles. The zero-order valence-corrected chi connectivity index (χ0v) is 22.5. The summed E-state index contributed by atoms with van der Waals surface area (Å²) in [4.78, 5) is 35.1. The molecule has 0 saturated carbocycles. The highest BCUT2D eigenvalue weighted by Crippen LogP contribution is 2.47. The lowest BCUT2D eigenvalue weighted by Gasteiger charge is -2.39. The first-order valence-electron chi connectivity index (χ1n) is 13.7. The number of alkyl halides is 2. The Morgan fingerprint density at radius 1 is 0.929 bits per heavy atom. The number of hydrogen-bond donors (Lipinski definition) is 0. The average molecular weight is 569 g/mol. The van der Waals surface area contributed by atoms with Crippen LogP contribution in [0.2, 0.25) is 0 Å². The number of rotatable bonds is 5. The van der Waals surface area contributed by atoms with E-state index in [9.17, 15) is 18.4 Å². The SMILES string of the molecule is O=C(c1ccc(OC(F)F)cn1)N1CCC2(CC1)CN(C(=O)c1cc3occc3n1-c1ccccc1)c1ccccc12. The first-order chi connectivity index (χ1) is 20.4. The van der Waals surface area contributed by atoms with Crippen molar-refractivity contribution in [1.29, 1.82) is 0 Å². The van der Waals surface area contributed by atoms with Crippen LogP contribution in [0.5, 0.6) is 5.75 Å². The van der Waals surface area contributed by atoms with Crippen LogP contribution in [0.3, 0.4) is 0 Å². The number of hydrogen-bond acceptors (Lipinski definition) is 5. The van der Waals surface area contributed by atoms with E-state index in [0.29, 0.717) is 43.8 Å². The molecule has 3 aromatic heterocycles. The number of amides is 2. The smallest absolute Gasteiger partial charge is 0.387 e. The molecular weight excluding hydrogens is 542 g/mol. The Balaban J connectivity index is 1.15. The van der Waals surface area contributed by atoms with Gasteiger partial charge in [0.25, 0.3) is 11.8 Å². The largest absolute Gasteiger partial charge is 0.463 e. The van der Waals surface area contributed by atoms with Gasteiger partial charge in [0.15, 0.2) is 5.58 Å². The molecule has 1 spiro atoms. The summed E-state index contributed by atoms with van der Waals surface area (Å²) < 4.78 is 36.9. The number of ether oxygens (including phenoxy) is 1. The van der Waals surface area contributed by atoms with Crippen LogP contribution < -0.4 is 9.64 Å². The molecule has 2 aliphatic heterocycles. The van der Waals surface area contributed by atoms with Gasteiger partial charge >= 0.3 is 6.61 Å². The number of nitrogens with zero attached hydrogens (tertiary/aromatic N) is 4. The van der Waals surface area contributed by atoms with Crippen LogP contribution in [0.4, 0.5) is 14.5 Å². The van der Waals surface area contributed by atoms with Crippen LogP contribution in [0.1, 0.15) is 39.4 Å². The predicted octanol–water partition coefficient (Wildman–Crippen LogP) is 6.05. The van der Waals surface area contributed by atoms with Crippen LogP contribution in [0.25, 0.3) is 16.8 Å². The molecule has 2 aromatic carbocycles. The molecule has 0 atom stereocenters. The molecule has 0 unspecified atom stereocenters. The van der Waals surface area contributed by atoms with Crippen molar-refractivity contribution in [3.8, 4) is 11.4 Å². The third-order valence-electron chi connectivity index (χ3n) is 8.32. The van der Waals surface area contributed by atoms with Gasteiger partial charge in [-0.3, -0.25) is 9.59 Å². The number of aromatic nitrogens is 2. The second-order valence-electron chi connectivity index (χ2n) is 10.6. The Kier molecular flexibility index (Phi) is 6.26. The summed E-state index contributed by atoms with van der Waals surface area (Å²) in [5.41, 5.74) is 4.67. The summed E-state index contributed by atoms with van der Waals surface area (Å²) in [5, 5.41) is 0. The number of furan rings is 1. The van der Waals surface area contributed by atoms with E-state index in [4.69, 9.17) is 4.42 Å². The molecule has 8 nitrogen and oxygen atoms in total. The third kappa shape index (κ3) is 4.30. The maximum absolute atomic E-state index is 14.3.